The molecule has 6 heteroatoms. The molecule has 4 nitrogen and oxygen atoms in total. The molecule has 0 aliphatic heterocycles. The second kappa shape index (κ2) is 4.57. The van der Waals surface area contributed by atoms with Crippen LogP contribution in [-0.2, 0) is 10.0 Å². The lowest BCUT2D eigenvalue weighted by molar-refractivity contribution is 0.594. The van der Waals surface area contributed by atoms with Crippen molar-refractivity contribution in [3.63, 3.8) is 0 Å². The summed E-state index contributed by atoms with van der Waals surface area (Å²) < 4.78 is 23.9. The van der Waals surface area contributed by atoms with Gasteiger partial charge in [0, 0.05) is 0 Å². The van der Waals surface area contributed by atoms with E-state index in [2.05, 4.69) is 0 Å². The molecule has 0 amide bonds. The first kappa shape index (κ1) is 12.4. The van der Waals surface area contributed by atoms with Gasteiger partial charge >= 0.3 is 0 Å². The molecule has 0 heterocycles. The van der Waals surface area contributed by atoms with Crippen LogP contribution in [0.3, 0.4) is 0 Å². The summed E-state index contributed by atoms with van der Waals surface area (Å²) in [6.45, 7) is 1.88. The van der Waals surface area contributed by atoms with E-state index in [9.17, 15) is 8.42 Å². The van der Waals surface area contributed by atoms with E-state index in [-0.39, 0.29) is 10.4 Å². The first-order valence-corrected chi connectivity index (χ1v) is 5.11. The summed E-state index contributed by atoms with van der Waals surface area (Å²) >= 11 is 5.03. The van der Waals surface area contributed by atoms with E-state index in [1.165, 1.54) is 12.1 Å². The van der Waals surface area contributed by atoms with Crippen molar-refractivity contribution in [2.45, 2.75) is 11.8 Å². The lowest BCUT2D eigenvalue weighted by Crippen LogP contribution is -2.13. The van der Waals surface area contributed by atoms with Gasteiger partial charge in [-0.1, -0.05) is 17.7 Å². The third-order valence-electron chi connectivity index (χ3n) is 1.43. The predicted octanol–water partition coefficient (Wildman–Crippen LogP) is 0.602. The molecule has 0 unspecified atom stereocenters. The molecule has 13 heavy (non-hydrogen) atoms. The zero-order valence-corrected chi connectivity index (χ0v) is 8.48. The summed E-state index contributed by atoms with van der Waals surface area (Å²) in [5.74, 6) is 0. The lowest BCUT2D eigenvalue weighted by atomic mass is 10.2. The third-order valence-corrected chi connectivity index (χ3v) is 3.14. The van der Waals surface area contributed by atoms with E-state index in [4.69, 9.17) is 11.8 Å². The molecule has 0 spiro atoms. The molecule has 1 aromatic rings. The van der Waals surface area contributed by atoms with E-state index in [1.54, 1.807) is 16.4 Å². The fourth-order valence-corrected chi connectivity index (χ4v) is 1.61. The Morgan fingerprint density at radius 3 is 2.08 bits per heavy atom. The molecule has 0 aliphatic carbocycles. The Bertz CT molecular complexity index is 360. The van der Waals surface area contributed by atoms with Crippen LogP contribution in [-0.4, -0.2) is 13.9 Å². The number of halogens is 1. The van der Waals surface area contributed by atoms with Crippen LogP contribution in [0.5, 0.6) is 0 Å². The van der Waals surface area contributed by atoms with Crippen LogP contribution >= 0.6 is 11.8 Å². The number of nitrogens with one attached hydrogen (secondary N) is 1. The summed E-state index contributed by atoms with van der Waals surface area (Å²) in [6, 6.07) is 6.42. The van der Waals surface area contributed by atoms with Crippen molar-refractivity contribution < 1.29 is 13.9 Å². The van der Waals surface area contributed by atoms with Crippen molar-refractivity contribution in [1.29, 1.82) is 0 Å². The summed E-state index contributed by atoms with van der Waals surface area (Å²) in [7, 11) is -3.50. The second-order valence-electron chi connectivity index (χ2n) is 2.39. The number of rotatable bonds is 2. The fraction of sp³-hybridized carbons (Fsp3) is 0.143. The van der Waals surface area contributed by atoms with Crippen molar-refractivity contribution >= 4 is 21.8 Å². The Morgan fingerprint density at radius 1 is 1.23 bits per heavy atom. The maximum Gasteiger partial charge on any atom is 0.253 e. The van der Waals surface area contributed by atoms with Crippen LogP contribution in [0.15, 0.2) is 29.2 Å². The molecule has 74 valence electrons. The molecule has 0 radical (unpaired) electrons. The van der Waals surface area contributed by atoms with Crippen LogP contribution in [0.4, 0.5) is 0 Å². The van der Waals surface area contributed by atoms with Gasteiger partial charge in [-0.3, -0.25) is 0 Å². The summed E-state index contributed by atoms with van der Waals surface area (Å²) in [5, 5.41) is 0. The molecule has 3 N–H and O–H groups in total. The van der Waals surface area contributed by atoms with Crippen LogP contribution in [0, 0.1) is 6.92 Å². The van der Waals surface area contributed by atoms with Crippen LogP contribution in [0.2, 0.25) is 0 Å². The smallest absolute Gasteiger partial charge is 0.253 e. The SMILES string of the molecule is Cc1ccc(S(=O)(=O)NCl)cc1.O. The highest BCUT2D eigenvalue weighted by molar-refractivity contribution is 7.90. The number of sulfonamides is 1. The lowest BCUT2D eigenvalue weighted by Gasteiger charge is -1.99. The van der Waals surface area contributed by atoms with Crippen molar-refractivity contribution in [2.75, 3.05) is 0 Å². The van der Waals surface area contributed by atoms with Crippen LogP contribution in [0.25, 0.3) is 0 Å². The highest BCUT2D eigenvalue weighted by Crippen LogP contribution is 2.09. The summed E-state index contributed by atoms with van der Waals surface area (Å²) in [6.07, 6.45) is 0. The summed E-state index contributed by atoms with van der Waals surface area (Å²) in [5.41, 5.74) is 1.00. The fourth-order valence-electron chi connectivity index (χ4n) is 0.762. The van der Waals surface area contributed by atoms with Gasteiger partial charge in [0.15, 0.2) is 0 Å². The van der Waals surface area contributed by atoms with Gasteiger partial charge in [-0.25, -0.2) is 8.42 Å². The largest absolute Gasteiger partial charge is 0.412 e. The molecule has 0 aliphatic rings. The number of benzene rings is 1. The van der Waals surface area contributed by atoms with Crippen molar-refractivity contribution in [3.05, 3.63) is 29.8 Å². The van der Waals surface area contributed by atoms with Crippen molar-refractivity contribution in [1.82, 2.24) is 4.24 Å². The minimum Gasteiger partial charge on any atom is -0.412 e. The van der Waals surface area contributed by atoms with E-state index in [1.807, 2.05) is 6.92 Å². The van der Waals surface area contributed by atoms with Gasteiger partial charge in [-0.15, -0.1) is 4.24 Å². The van der Waals surface area contributed by atoms with Gasteiger partial charge < -0.3 is 5.48 Å². The van der Waals surface area contributed by atoms with Gasteiger partial charge in [0.25, 0.3) is 10.0 Å². The highest BCUT2D eigenvalue weighted by Gasteiger charge is 2.10. The van der Waals surface area contributed by atoms with Gasteiger partial charge in [0.1, 0.15) is 0 Å². The van der Waals surface area contributed by atoms with Crippen LogP contribution in [0.1, 0.15) is 5.56 Å². The van der Waals surface area contributed by atoms with Crippen LogP contribution < -0.4 is 4.24 Å². The minimum absolute atomic E-state index is 0. The molecular formula is C7H10ClNO3S. The highest BCUT2D eigenvalue weighted by atomic mass is 35.5. The number of aryl methyl sites for hydroxylation is 1. The summed E-state index contributed by atoms with van der Waals surface area (Å²) in [4.78, 5) is 0.170. The van der Waals surface area contributed by atoms with Crippen molar-refractivity contribution in [2.24, 2.45) is 0 Å². The second-order valence-corrected chi connectivity index (χ2v) is 4.49. The van der Waals surface area contributed by atoms with Crippen molar-refractivity contribution in [3.8, 4) is 0 Å². The number of hydrogen-bond donors (Lipinski definition) is 1. The van der Waals surface area contributed by atoms with Gasteiger partial charge in [-0.2, -0.15) is 0 Å². The van der Waals surface area contributed by atoms with Gasteiger partial charge in [0.05, 0.1) is 4.90 Å². The third kappa shape index (κ3) is 2.96. The average molecular weight is 224 g/mol. The zero-order valence-electron chi connectivity index (χ0n) is 6.91. The maximum absolute atomic E-state index is 11.1. The van der Waals surface area contributed by atoms with E-state index >= 15 is 0 Å². The standard InChI is InChI=1S/C7H8ClNO2S.H2O/c1-6-2-4-7(5-3-6)12(10,11)9-8;/h2-5,9H,1H3;1H2. The molecule has 0 atom stereocenters. The Hall–Kier alpha value is -0.620. The first-order valence-electron chi connectivity index (χ1n) is 3.25. The minimum atomic E-state index is -3.50. The Morgan fingerprint density at radius 2 is 1.69 bits per heavy atom. The molecule has 0 saturated carbocycles. The maximum atomic E-state index is 11.1. The predicted molar refractivity (Wildman–Crippen MR) is 51.0 cm³/mol. The molecule has 0 aromatic heterocycles. The molecular weight excluding hydrogens is 214 g/mol. The number of hydrogen-bond acceptors (Lipinski definition) is 2. The van der Waals surface area contributed by atoms with Gasteiger partial charge in [-0.05, 0) is 30.8 Å². The average Bonchev–Trinajstić information content (AvgIpc) is 2.05. The van der Waals surface area contributed by atoms with E-state index in [0.29, 0.717) is 0 Å². The molecule has 1 aromatic carbocycles. The molecule has 0 bridgehead atoms. The normalized spacial score (nSPS) is 10.6. The molecule has 0 saturated heterocycles. The van der Waals surface area contributed by atoms with Gasteiger partial charge in [0.2, 0.25) is 0 Å². The van der Waals surface area contributed by atoms with E-state index in [0.717, 1.165) is 5.56 Å². The first-order chi connectivity index (χ1) is 5.56. The zero-order chi connectivity index (χ0) is 9.19. The van der Waals surface area contributed by atoms with E-state index < -0.39 is 10.0 Å². The Balaban J connectivity index is 0.00000144. The monoisotopic (exact) mass is 223 g/mol. The molecule has 0 fully saturated rings. The molecule has 1 rings (SSSR count). The Kier molecular flexibility index (Phi) is 4.35. The quantitative estimate of drug-likeness (QED) is 0.746. The topological polar surface area (TPSA) is 77.7 Å². The Labute approximate surface area is 82.0 Å².